The molecule has 1 saturated heterocycles. The van der Waals surface area contributed by atoms with E-state index in [1.54, 1.807) is 24.3 Å². The van der Waals surface area contributed by atoms with E-state index in [4.69, 9.17) is 4.74 Å². The Kier molecular flexibility index (Phi) is 6.68. The fourth-order valence-corrected chi connectivity index (χ4v) is 4.92. The number of sulfonamides is 1. The van der Waals surface area contributed by atoms with Gasteiger partial charge in [-0.2, -0.15) is 4.31 Å². The van der Waals surface area contributed by atoms with E-state index in [1.165, 1.54) is 15.4 Å². The Morgan fingerprint density at radius 3 is 2.60 bits per heavy atom. The Hall–Kier alpha value is -2.98. The molecule has 0 bridgehead atoms. The van der Waals surface area contributed by atoms with Crippen molar-refractivity contribution in [3.63, 3.8) is 0 Å². The number of hydrogen-bond donors (Lipinski definition) is 1. The predicted molar refractivity (Wildman–Crippen MR) is 111 cm³/mol. The van der Waals surface area contributed by atoms with E-state index in [0.29, 0.717) is 23.3 Å². The maximum Gasteiger partial charge on any atom is 0.243 e. The molecule has 10 heteroatoms. The summed E-state index contributed by atoms with van der Waals surface area (Å²) in [6, 6.07) is 6.67. The highest BCUT2D eigenvalue weighted by molar-refractivity contribution is 7.89. The quantitative estimate of drug-likeness (QED) is 0.648. The molecule has 2 amide bonds. The Bertz CT molecular complexity index is 1060. The Morgan fingerprint density at radius 2 is 1.93 bits per heavy atom. The van der Waals surface area contributed by atoms with Gasteiger partial charge in [0.1, 0.15) is 0 Å². The van der Waals surface area contributed by atoms with Crippen LogP contribution in [0.4, 0.5) is 0 Å². The fourth-order valence-electron chi connectivity index (χ4n) is 3.29. The zero-order valence-corrected chi connectivity index (χ0v) is 17.5. The van der Waals surface area contributed by atoms with Crippen molar-refractivity contribution in [1.29, 1.82) is 0 Å². The first kappa shape index (κ1) is 21.7. The summed E-state index contributed by atoms with van der Waals surface area (Å²) in [5.74, 6) is -0.301. The van der Waals surface area contributed by atoms with Crippen LogP contribution in [0.3, 0.4) is 0 Å². The molecule has 30 heavy (non-hydrogen) atoms. The number of nitrogens with one attached hydrogen (secondary N) is 1. The van der Waals surface area contributed by atoms with Crippen LogP contribution in [0.15, 0.2) is 48.0 Å². The lowest BCUT2D eigenvalue weighted by molar-refractivity contribution is -0.133. The predicted octanol–water partition coefficient (Wildman–Crippen LogP) is 0.769. The van der Waals surface area contributed by atoms with Crippen molar-refractivity contribution < 1.29 is 22.7 Å². The normalized spacial score (nSPS) is 15.0. The number of nitrogens with zero attached hydrogens (tertiary/aromatic N) is 3. The van der Waals surface area contributed by atoms with E-state index in [-0.39, 0.29) is 43.5 Å². The van der Waals surface area contributed by atoms with E-state index in [0.717, 1.165) is 6.08 Å². The van der Waals surface area contributed by atoms with Crippen LogP contribution < -0.4 is 10.1 Å². The minimum atomic E-state index is -3.77. The summed E-state index contributed by atoms with van der Waals surface area (Å²) in [4.78, 5) is 29.3. The molecular formula is C20H24N4O5S. The SMILES string of the molecule is C=CC(=O)NCC(=O)N1CCN(S(=O)(=O)c2cccc3c(OCC)nccc23)CC1. The highest BCUT2D eigenvalue weighted by Gasteiger charge is 2.31. The Balaban J connectivity index is 1.76. The second kappa shape index (κ2) is 9.23. The topological polar surface area (TPSA) is 109 Å². The van der Waals surface area contributed by atoms with Crippen molar-refractivity contribution in [2.75, 3.05) is 39.3 Å². The standard InChI is InChI=1S/C20H24N4O5S/c1-3-18(25)22-14-19(26)23-10-12-24(13-11-23)30(27,28)17-7-5-6-16-15(17)8-9-21-20(16)29-4-2/h3,5-9H,1,4,10-14H2,2H3,(H,22,25). The van der Waals surface area contributed by atoms with Gasteiger partial charge in [0.15, 0.2) is 0 Å². The van der Waals surface area contributed by atoms with E-state index < -0.39 is 15.9 Å². The van der Waals surface area contributed by atoms with Crippen LogP contribution in [0.5, 0.6) is 5.88 Å². The molecule has 1 fully saturated rings. The van der Waals surface area contributed by atoms with E-state index >= 15 is 0 Å². The molecule has 0 unspecified atom stereocenters. The molecule has 1 aliphatic rings. The van der Waals surface area contributed by atoms with Gasteiger partial charge in [0, 0.05) is 43.1 Å². The molecule has 1 aromatic heterocycles. The molecule has 0 atom stereocenters. The summed E-state index contributed by atoms with van der Waals surface area (Å²) in [6.07, 6.45) is 2.62. The first-order valence-corrected chi connectivity index (χ1v) is 11.0. The minimum Gasteiger partial charge on any atom is -0.478 e. The van der Waals surface area contributed by atoms with Crippen molar-refractivity contribution in [2.45, 2.75) is 11.8 Å². The van der Waals surface area contributed by atoms with Crippen LogP contribution in [0, 0.1) is 0 Å². The maximum atomic E-state index is 13.3. The van der Waals surface area contributed by atoms with Crippen LogP contribution in [0.2, 0.25) is 0 Å². The maximum absolute atomic E-state index is 13.3. The molecule has 1 N–H and O–H groups in total. The monoisotopic (exact) mass is 432 g/mol. The third-order valence-electron chi connectivity index (χ3n) is 4.82. The van der Waals surface area contributed by atoms with Gasteiger partial charge < -0.3 is 15.0 Å². The summed E-state index contributed by atoms with van der Waals surface area (Å²) in [7, 11) is -3.77. The summed E-state index contributed by atoms with van der Waals surface area (Å²) in [5, 5.41) is 3.61. The zero-order chi connectivity index (χ0) is 21.7. The molecule has 2 heterocycles. The smallest absolute Gasteiger partial charge is 0.243 e. The van der Waals surface area contributed by atoms with Gasteiger partial charge in [-0.25, -0.2) is 13.4 Å². The Morgan fingerprint density at radius 1 is 1.20 bits per heavy atom. The fraction of sp³-hybridized carbons (Fsp3) is 0.350. The highest BCUT2D eigenvalue weighted by Crippen LogP contribution is 2.30. The average Bonchev–Trinajstić information content (AvgIpc) is 2.77. The molecule has 1 aliphatic heterocycles. The van der Waals surface area contributed by atoms with Crippen molar-refractivity contribution in [3.8, 4) is 5.88 Å². The molecule has 2 aromatic rings. The number of hydrogen-bond acceptors (Lipinski definition) is 6. The number of pyridine rings is 1. The lowest BCUT2D eigenvalue weighted by atomic mass is 10.2. The van der Waals surface area contributed by atoms with Crippen molar-refractivity contribution >= 4 is 32.6 Å². The van der Waals surface area contributed by atoms with Crippen molar-refractivity contribution in [3.05, 3.63) is 43.1 Å². The largest absolute Gasteiger partial charge is 0.478 e. The van der Waals surface area contributed by atoms with Crippen molar-refractivity contribution in [2.24, 2.45) is 0 Å². The van der Waals surface area contributed by atoms with E-state index in [9.17, 15) is 18.0 Å². The van der Waals surface area contributed by atoms with Crippen LogP contribution in [0.1, 0.15) is 6.92 Å². The number of ether oxygens (including phenoxy) is 1. The molecule has 0 saturated carbocycles. The lowest BCUT2D eigenvalue weighted by Gasteiger charge is -2.34. The molecule has 0 radical (unpaired) electrons. The molecule has 9 nitrogen and oxygen atoms in total. The second-order valence-electron chi connectivity index (χ2n) is 6.61. The average molecular weight is 433 g/mol. The third kappa shape index (κ3) is 4.44. The third-order valence-corrected chi connectivity index (χ3v) is 6.78. The minimum absolute atomic E-state index is 0.145. The van der Waals surface area contributed by atoms with Gasteiger partial charge in [0.2, 0.25) is 27.7 Å². The molecular weight excluding hydrogens is 408 g/mol. The number of carbonyl (C=O) groups is 2. The number of amides is 2. The number of rotatable bonds is 7. The van der Waals surface area contributed by atoms with E-state index in [1.807, 2.05) is 6.92 Å². The van der Waals surface area contributed by atoms with Crippen LogP contribution in [-0.2, 0) is 19.6 Å². The Labute approximate surface area is 175 Å². The number of piperazine rings is 1. The molecule has 3 rings (SSSR count). The summed E-state index contributed by atoms with van der Waals surface area (Å²) in [6.45, 7) is 6.29. The van der Waals surface area contributed by atoms with Gasteiger partial charge >= 0.3 is 0 Å². The van der Waals surface area contributed by atoms with Crippen LogP contribution >= 0.6 is 0 Å². The number of aromatic nitrogens is 1. The highest BCUT2D eigenvalue weighted by atomic mass is 32.2. The first-order valence-electron chi connectivity index (χ1n) is 9.57. The summed E-state index contributed by atoms with van der Waals surface area (Å²) < 4.78 is 33.5. The van der Waals surface area contributed by atoms with Gasteiger partial charge in [-0.1, -0.05) is 12.6 Å². The summed E-state index contributed by atoms with van der Waals surface area (Å²) >= 11 is 0. The van der Waals surface area contributed by atoms with Crippen molar-refractivity contribution in [1.82, 2.24) is 19.5 Å². The van der Waals surface area contributed by atoms with Crippen LogP contribution in [-0.4, -0.2) is 73.8 Å². The van der Waals surface area contributed by atoms with Gasteiger partial charge in [-0.05, 0) is 31.2 Å². The van der Waals surface area contributed by atoms with Gasteiger partial charge in [0.25, 0.3) is 0 Å². The lowest BCUT2D eigenvalue weighted by Crippen LogP contribution is -2.52. The molecule has 1 aromatic carbocycles. The number of carbonyl (C=O) groups excluding carboxylic acids is 2. The zero-order valence-electron chi connectivity index (χ0n) is 16.7. The summed E-state index contributed by atoms with van der Waals surface area (Å²) in [5.41, 5.74) is 0. The van der Waals surface area contributed by atoms with Gasteiger partial charge in [0.05, 0.1) is 18.0 Å². The molecule has 160 valence electrons. The van der Waals surface area contributed by atoms with Gasteiger partial charge in [-0.15, -0.1) is 0 Å². The second-order valence-corrected chi connectivity index (χ2v) is 8.51. The molecule has 0 aliphatic carbocycles. The van der Waals surface area contributed by atoms with E-state index in [2.05, 4.69) is 16.9 Å². The molecule has 0 spiro atoms. The number of fused-ring (bicyclic) bond motifs is 1. The van der Waals surface area contributed by atoms with Crippen LogP contribution in [0.25, 0.3) is 10.8 Å². The number of benzene rings is 1. The van der Waals surface area contributed by atoms with Gasteiger partial charge in [-0.3, -0.25) is 9.59 Å². The first-order chi connectivity index (χ1) is 14.4.